The van der Waals surface area contributed by atoms with Gasteiger partial charge in [-0.1, -0.05) is 0 Å². The van der Waals surface area contributed by atoms with Crippen LogP contribution in [0.1, 0.15) is 26.7 Å². The molecular formula is C11H22N2O2. The van der Waals surface area contributed by atoms with Crippen LogP contribution in [0, 0.1) is 0 Å². The van der Waals surface area contributed by atoms with Crippen molar-refractivity contribution >= 4 is 5.97 Å². The summed E-state index contributed by atoms with van der Waals surface area (Å²) in [5.74, 6) is -0.702. The van der Waals surface area contributed by atoms with Gasteiger partial charge in [-0.3, -0.25) is 9.69 Å². The molecule has 4 nitrogen and oxygen atoms in total. The molecule has 0 aliphatic carbocycles. The van der Waals surface area contributed by atoms with Crippen LogP contribution < -0.4 is 0 Å². The molecule has 0 aromatic heterocycles. The summed E-state index contributed by atoms with van der Waals surface area (Å²) in [6.45, 7) is 7.14. The van der Waals surface area contributed by atoms with E-state index in [1.807, 2.05) is 0 Å². The minimum absolute atomic E-state index is 0.248. The first-order valence-corrected chi connectivity index (χ1v) is 5.66. The quantitative estimate of drug-likeness (QED) is 0.737. The van der Waals surface area contributed by atoms with Gasteiger partial charge in [0.05, 0.1) is 6.42 Å². The van der Waals surface area contributed by atoms with Crippen LogP contribution in [-0.2, 0) is 4.79 Å². The number of aliphatic carboxylic acids is 1. The molecular weight excluding hydrogens is 192 g/mol. The smallest absolute Gasteiger partial charge is 0.304 e. The van der Waals surface area contributed by atoms with Crippen molar-refractivity contribution < 1.29 is 9.90 Å². The maximum atomic E-state index is 10.6. The Morgan fingerprint density at radius 2 is 2.27 bits per heavy atom. The molecule has 1 rings (SSSR count). The van der Waals surface area contributed by atoms with Crippen LogP contribution in [0.25, 0.3) is 0 Å². The maximum Gasteiger partial charge on any atom is 0.304 e. The summed E-state index contributed by atoms with van der Waals surface area (Å²) in [7, 11) is 2.12. The number of carboxylic acids is 1. The summed E-state index contributed by atoms with van der Waals surface area (Å²) in [6, 6.07) is 0.968. The van der Waals surface area contributed by atoms with Crippen LogP contribution >= 0.6 is 0 Å². The number of carbonyl (C=O) groups is 1. The normalized spacial score (nSPS) is 22.9. The molecule has 0 amide bonds. The molecule has 0 radical (unpaired) electrons. The number of likely N-dealkylation sites (N-methyl/N-ethyl adjacent to an activating group) is 1. The van der Waals surface area contributed by atoms with Gasteiger partial charge in [0.25, 0.3) is 0 Å². The van der Waals surface area contributed by atoms with Crippen molar-refractivity contribution in [1.29, 1.82) is 0 Å². The number of carboxylic acid groups (broad SMARTS) is 1. The van der Waals surface area contributed by atoms with Crippen molar-refractivity contribution in [3.63, 3.8) is 0 Å². The Hall–Kier alpha value is -0.610. The van der Waals surface area contributed by atoms with E-state index in [0.29, 0.717) is 18.6 Å². The molecule has 1 atom stereocenters. The molecule has 0 aromatic rings. The molecule has 0 aromatic carbocycles. The van der Waals surface area contributed by atoms with Crippen molar-refractivity contribution in [3.05, 3.63) is 0 Å². The van der Waals surface area contributed by atoms with Crippen LogP contribution in [0.2, 0.25) is 0 Å². The molecule has 1 N–H and O–H groups in total. The fraction of sp³-hybridized carbons (Fsp3) is 0.909. The van der Waals surface area contributed by atoms with Crippen molar-refractivity contribution in [2.45, 2.75) is 38.8 Å². The van der Waals surface area contributed by atoms with E-state index in [1.165, 1.54) is 0 Å². The molecule has 1 heterocycles. The largest absolute Gasteiger partial charge is 0.481 e. The van der Waals surface area contributed by atoms with Crippen molar-refractivity contribution in [2.24, 2.45) is 0 Å². The Morgan fingerprint density at radius 1 is 1.60 bits per heavy atom. The number of nitrogens with zero attached hydrogens (tertiary/aromatic N) is 2. The molecule has 88 valence electrons. The van der Waals surface area contributed by atoms with E-state index >= 15 is 0 Å². The van der Waals surface area contributed by atoms with Gasteiger partial charge >= 0.3 is 5.97 Å². The van der Waals surface area contributed by atoms with E-state index < -0.39 is 5.97 Å². The lowest BCUT2D eigenvalue weighted by Crippen LogP contribution is -2.42. The molecule has 0 bridgehead atoms. The summed E-state index contributed by atoms with van der Waals surface area (Å²) in [4.78, 5) is 15.2. The van der Waals surface area contributed by atoms with Gasteiger partial charge in [-0.15, -0.1) is 0 Å². The van der Waals surface area contributed by atoms with Crippen molar-refractivity contribution in [1.82, 2.24) is 9.80 Å². The summed E-state index contributed by atoms with van der Waals surface area (Å²) in [5.41, 5.74) is 0. The summed E-state index contributed by atoms with van der Waals surface area (Å²) in [6.07, 6.45) is 1.41. The lowest BCUT2D eigenvalue weighted by atomic mass is 10.1. The third-order valence-electron chi connectivity index (χ3n) is 3.08. The molecule has 4 heteroatoms. The van der Waals surface area contributed by atoms with Gasteiger partial charge in [-0.05, 0) is 33.9 Å². The second kappa shape index (κ2) is 5.47. The van der Waals surface area contributed by atoms with Gasteiger partial charge < -0.3 is 10.0 Å². The fourth-order valence-electron chi connectivity index (χ4n) is 2.27. The highest BCUT2D eigenvalue weighted by Gasteiger charge is 2.27. The molecule has 1 unspecified atom stereocenters. The predicted octanol–water partition coefficient (Wildman–Crippen LogP) is 0.876. The van der Waals surface area contributed by atoms with Gasteiger partial charge in [0, 0.05) is 25.2 Å². The lowest BCUT2D eigenvalue weighted by molar-refractivity contribution is -0.137. The van der Waals surface area contributed by atoms with Gasteiger partial charge in [0.15, 0.2) is 0 Å². The van der Waals surface area contributed by atoms with Crippen LogP contribution in [0.4, 0.5) is 0 Å². The summed E-state index contributed by atoms with van der Waals surface area (Å²) >= 11 is 0. The minimum Gasteiger partial charge on any atom is -0.481 e. The van der Waals surface area contributed by atoms with Gasteiger partial charge in [-0.2, -0.15) is 0 Å². The Morgan fingerprint density at radius 3 is 2.67 bits per heavy atom. The number of hydrogen-bond donors (Lipinski definition) is 1. The fourth-order valence-corrected chi connectivity index (χ4v) is 2.27. The van der Waals surface area contributed by atoms with E-state index in [2.05, 4.69) is 30.7 Å². The first kappa shape index (κ1) is 12.5. The number of rotatable bonds is 5. The van der Waals surface area contributed by atoms with Crippen LogP contribution in [0.15, 0.2) is 0 Å². The minimum atomic E-state index is -0.702. The van der Waals surface area contributed by atoms with E-state index in [0.717, 1.165) is 19.5 Å². The Labute approximate surface area is 91.9 Å². The average Bonchev–Trinajstić information content (AvgIpc) is 2.51. The molecule has 1 aliphatic heterocycles. The Kier molecular flexibility index (Phi) is 4.54. The number of hydrogen-bond acceptors (Lipinski definition) is 3. The summed E-state index contributed by atoms with van der Waals surface area (Å²) in [5, 5.41) is 8.70. The van der Waals surface area contributed by atoms with Gasteiger partial charge in [-0.25, -0.2) is 0 Å². The zero-order chi connectivity index (χ0) is 11.4. The highest BCUT2D eigenvalue weighted by Crippen LogP contribution is 2.16. The van der Waals surface area contributed by atoms with E-state index in [4.69, 9.17) is 5.11 Å². The Balaban J connectivity index is 2.46. The van der Waals surface area contributed by atoms with Crippen molar-refractivity contribution in [3.8, 4) is 0 Å². The standard InChI is InChI=1S/C11H22N2O2/c1-9(2)13(7-5-11(14)15)10-4-6-12(3)8-10/h9-10H,4-8H2,1-3H3,(H,14,15). The third kappa shape index (κ3) is 3.80. The zero-order valence-electron chi connectivity index (χ0n) is 9.94. The predicted molar refractivity (Wildman–Crippen MR) is 60.0 cm³/mol. The molecule has 15 heavy (non-hydrogen) atoms. The number of likely N-dealkylation sites (tertiary alicyclic amines) is 1. The third-order valence-corrected chi connectivity index (χ3v) is 3.08. The van der Waals surface area contributed by atoms with Crippen LogP contribution in [0.5, 0.6) is 0 Å². The summed E-state index contributed by atoms with van der Waals surface area (Å²) < 4.78 is 0. The second-order valence-corrected chi connectivity index (χ2v) is 4.68. The zero-order valence-corrected chi connectivity index (χ0v) is 9.94. The Bertz CT molecular complexity index is 219. The SMILES string of the molecule is CC(C)N(CCC(=O)O)C1CCN(C)C1. The first-order valence-electron chi connectivity index (χ1n) is 5.66. The maximum absolute atomic E-state index is 10.6. The average molecular weight is 214 g/mol. The monoisotopic (exact) mass is 214 g/mol. The topological polar surface area (TPSA) is 43.8 Å². The molecule has 1 fully saturated rings. The molecule has 1 saturated heterocycles. The molecule has 0 saturated carbocycles. The van der Waals surface area contributed by atoms with Gasteiger partial charge in [0.2, 0.25) is 0 Å². The van der Waals surface area contributed by atoms with E-state index in [1.54, 1.807) is 0 Å². The second-order valence-electron chi connectivity index (χ2n) is 4.68. The van der Waals surface area contributed by atoms with Crippen molar-refractivity contribution in [2.75, 3.05) is 26.7 Å². The van der Waals surface area contributed by atoms with Gasteiger partial charge in [0.1, 0.15) is 0 Å². The first-order chi connectivity index (χ1) is 7.00. The van der Waals surface area contributed by atoms with Crippen LogP contribution in [-0.4, -0.2) is 59.6 Å². The molecule has 0 spiro atoms. The lowest BCUT2D eigenvalue weighted by Gasteiger charge is -2.32. The molecule has 1 aliphatic rings. The highest BCUT2D eigenvalue weighted by atomic mass is 16.4. The van der Waals surface area contributed by atoms with E-state index in [-0.39, 0.29) is 6.42 Å². The van der Waals surface area contributed by atoms with E-state index in [9.17, 15) is 4.79 Å². The highest BCUT2D eigenvalue weighted by molar-refractivity contribution is 5.66. The van der Waals surface area contributed by atoms with Crippen LogP contribution in [0.3, 0.4) is 0 Å².